The van der Waals surface area contributed by atoms with Gasteiger partial charge in [-0.05, 0) is 25.3 Å². The van der Waals surface area contributed by atoms with Crippen LogP contribution in [0.2, 0.25) is 0 Å². The number of aliphatic carboxylic acids is 1. The van der Waals surface area contributed by atoms with Crippen LogP contribution in [0.1, 0.15) is 48.3 Å². The van der Waals surface area contributed by atoms with Gasteiger partial charge >= 0.3 is 5.97 Å². The molecule has 19 heavy (non-hydrogen) atoms. The molecule has 0 atom stereocenters. The SMILES string of the molecule is CCCN(CC(=O)O)C(=O)c1cc(C2CC2)n(C)n1. The number of rotatable bonds is 6. The van der Waals surface area contributed by atoms with Gasteiger partial charge in [0.1, 0.15) is 6.54 Å². The van der Waals surface area contributed by atoms with Crippen LogP contribution in [0.15, 0.2) is 6.07 Å². The molecule has 6 heteroatoms. The van der Waals surface area contributed by atoms with Crippen molar-refractivity contribution >= 4 is 11.9 Å². The molecule has 6 nitrogen and oxygen atoms in total. The third kappa shape index (κ3) is 3.13. The molecule has 1 heterocycles. The number of carbonyl (C=O) groups excluding carboxylic acids is 1. The number of hydrogen-bond donors (Lipinski definition) is 1. The lowest BCUT2D eigenvalue weighted by Gasteiger charge is -2.18. The molecule has 1 N–H and O–H groups in total. The number of hydrogen-bond acceptors (Lipinski definition) is 3. The van der Waals surface area contributed by atoms with Crippen LogP contribution in [-0.2, 0) is 11.8 Å². The summed E-state index contributed by atoms with van der Waals surface area (Å²) in [7, 11) is 1.83. The molecular weight excluding hydrogens is 246 g/mol. The first-order chi connectivity index (χ1) is 9.02. The standard InChI is InChI=1S/C13H19N3O3/c1-3-6-16(8-12(17)18)13(19)10-7-11(9-4-5-9)15(2)14-10/h7,9H,3-6,8H2,1-2H3,(H,17,18). The smallest absolute Gasteiger partial charge is 0.323 e. The maximum absolute atomic E-state index is 12.3. The molecule has 1 amide bonds. The van der Waals surface area contributed by atoms with Gasteiger partial charge in [0.2, 0.25) is 0 Å². The Kier molecular flexibility index (Phi) is 3.87. The Morgan fingerprint density at radius 1 is 1.53 bits per heavy atom. The number of amides is 1. The number of aryl methyl sites for hydroxylation is 1. The van der Waals surface area contributed by atoms with Crippen molar-refractivity contribution in [1.29, 1.82) is 0 Å². The van der Waals surface area contributed by atoms with Gasteiger partial charge in [-0.2, -0.15) is 5.10 Å². The molecule has 0 spiro atoms. The van der Waals surface area contributed by atoms with Gasteiger partial charge in [-0.3, -0.25) is 14.3 Å². The second-order valence-electron chi connectivity index (χ2n) is 4.97. The summed E-state index contributed by atoms with van der Waals surface area (Å²) in [5.74, 6) is -0.787. The van der Waals surface area contributed by atoms with Crippen molar-refractivity contribution in [1.82, 2.24) is 14.7 Å². The van der Waals surface area contributed by atoms with E-state index in [1.165, 1.54) is 4.90 Å². The van der Waals surface area contributed by atoms with E-state index in [2.05, 4.69) is 5.10 Å². The van der Waals surface area contributed by atoms with Crippen LogP contribution in [0.25, 0.3) is 0 Å². The summed E-state index contributed by atoms with van der Waals surface area (Å²) >= 11 is 0. The third-order valence-corrected chi connectivity index (χ3v) is 3.24. The number of carboxylic acids is 1. The van der Waals surface area contributed by atoms with Crippen molar-refractivity contribution < 1.29 is 14.7 Å². The van der Waals surface area contributed by atoms with Gasteiger partial charge < -0.3 is 10.0 Å². The molecule has 0 radical (unpaired) electrons. The number of aromatic nitrogens is 2. The summed E-state index contributed by atoms with van der Waals surface area (Å²) in [6, 6.07) is 1.80. The number of nitrogens with zero attached hydrogens (tertiary/aromatic N) is 3. The van der Waals surface area contributed by atoms with Crippen LogP contribution in [0.3, 0.4) is 0 Å². The Morgan fingerprint density at radius 3 is 2.74 bits per heavy atom. The maximum Gasteiger partial charge on any atom is 0.323 e. The van der Waals surface area contributed by atoms with Crippen LogP contribution < -0.4 is 0 Å². The Hall–Kier alpha value is -1.85. The summed E-state index contributed by atoms with van der Waals surface area (Å²) in [5.41, 5.74) is 1.41. The van der Waals surface area contributed by atoms with Crippen LogP contribution in [-0.4, -0.2) is 44.8 Å². The summed E-state index contributed by atoms with van der Waals surface area (Å²) < 4.78 is 1.73. The fraction of sp³-hybridized carbons (Fsp3) is 0.615. The van der Waals surface area contributed by atoms with Gasteiger partial charge in [-0.1, -0.05) is 6.92 Å². The molecule has 1 aromatic heterocycles. The molecule has 1 aliphatic rings. The van der Waals surface area contributed by atoms with Crippen LogP contribution >= 0.6 is 0 Å². The van der Waals surface area contributed by atoms with E-state index in [4.69, 9.17) is 5.11 Å². The summed E-state index contributed by atoms with van der Waals surface area (Å²) in [6.07, 6.45) is 3.00. The van der Waals surface area contributed by atoms with Gasteiger partial charge in [0.15, 0.2) is 5.69 Å². The lowest BCUT2D eigenvalue weighted by molar-refractivity contribution is -0.137. The predicted octanol–water partition coefficient (Wildman–Crippen LogP) is 1.23. The fourth-order valence-electron chi connectivity index (χ4n) is 2.19. The Labute approximate surface area is 112 Å². The van der Waals surface area contributed by atoms with E-state index in [0.29, 0.717) is 18.2 Å². The molecule has 0 unspecified atom stereocenters. The Bertz CT molecular complexity index is 491. The van der Waals surface area contributed by atoms with E-state index in [9.17, 15) is 9.59 Å². The van der Waals surface area contributed by atoms with Crippen molar-refractivity contribution in [2.45, 2.75) is 32.1 Å². The molecule has 1 fully saturated rings. The van der Waals surface area contributed by atoms with Crippen molar-refractivity contribution in [2.75, 3.05) is 13.1 Å². The van der Waals surface area contributed by atoms with E-state index in [0.717, 1.165) is 25.0 Å². The first-order valence-corrected chi connectivity index (χ1v) is 6.58. The topological polar surface area (TPSA) is 75.4 Å². The van der Waals surface area contributed by atoms with E-state index >= 15 is 0 Å². The largest absolute Gasteiger partial charge is 0.480 e. The molecule has 1 aromatic rings. The minimum absolute atomic E-state index is 0.276. The Balaban J connectivity index is 2.15. The highest BCUT2D eigenvalue weighted by Gasteiger charge is 2.29. The van der Waals surface area contributed by atoms with Gasteiger partial charge in [-0.15, -0.1) is 0 Å². The van der Waals surface area contributed by atoms with E-state index in [1.54, 1.807) is 10.7 Å². The molecule has 0 saturated heterocycles. The van der Waals surface area contributed by atoms with Crippen LogP contribution in [0.4, 0.5) is 0 Å². The van der Waals surface area contributed by atoms with E-state index in [1.807, 2.05) is 14.0 Å². The minimum atomic E-state index is -1.000. The molecule has 1 aliphatic carbocycles. The second-order valence-corrected chi connectivity index (χ2v) is 4.97. The lowest BCUT2D eigenvalue weighted by Crippen LogP contribution is -2.36. The summed E-state index contributed by atoms with van der Waals surface area (Å²) in [5, 5.41) is 13.1. The zero-order valence-electron chi connectivity index (χ0n) is 11.3. The quantitative estimate of drug-likeness (QED) is 0.839. The zero-order valence-corrected chi connectivity index (χ0v) is 11.3. The third-order valence-electron chi connectivity index (χ3n) is 3.24. The molecule has 0 aromatic carbocycles. The average molecular weight is 265 g/mol. The lowest BCUT2D eigenvalue weighted by atomic mass is 10.2. The van der Waals surface area contributed by atoms with Crippen molar-refractivity contribution in [3.05, 3.63) is 17.5 Å². The molecule has 1 saturated carbocycles. The fourth-order valence-corrected chi connectivity index (χ4v) is 2.19. The maximum atomic E-state index is 12.3. The highest BCUT2D eigenvalue weighted by Crippen LogP contribution is 2.39. The number of carbonyl (C=O) groups is 2. The normalized spacial score (nSPS) is 14.4. The molecular formula is C13H19N3O3. The first kappa shape index (κ1) is 13.6. The summed E-state index contributed by atoms with van der Waals surface area (Å²) in [6.45, 7) is 2.07. The molecule has 2 rings (SSSR count). The monoisotopic (exact) mass is 265 g/mol. The molecule has 104 valence electrons. The van der Waals surface area contributed by atoms with Gasteiger partial charge in [0, 0.05) is 25.2 Å². The van der Waals surface area contributed by atoms with Crippen LogP contribution in [0.5, 0.6) is 0 Å². The first-order valence-electron chi connectivity index (χ1n) is 6.58. The van der Waals surface area contributed by atoms with Crippen LogP contribution in [0, 0.1) is 0 Å². The number of carboxylic acid groups (broad SMARTS) is 1. The van der Waals surface area contributed by atoms with Crippen molar-refractivity contribution in [3.8, 4) is 0 Å². The van der Waals surface area contributed by atoms with E-state index in [-0.39, 0.29) is 12.5 Å². The molecule has 0 bridgehead atoms. The van der Waals surface area contributed by atoms with Gasteiger partial charge in [0.05, 0.1) is 0 Å². The highest BCUT2D eigenvalue weighted by molar-refractivity contribution is 5.94. The van der Waals surface area contributed by atoms with Crippen molar-refractivity contribution in [3.63, 3.8) is 0 Å². The summed E-state index contributed by atoms with van der Waals surface area (Å²) in [4.78, 5) is 24.4. The Morgan fingerprint density at radius 2 is 2.21 bits per heavy atom. The highest BCUT2D eigenvalue weighted by atomic mass is 16.4. The predicted molar refractivity (Wildman–Crippen MR) is 69.0 cm³/mol. The van der Waals surface area contributed by atoms with Gasteiger partial charge in [0.25, 0.3) is 5.91 Å². The average Bonchev–Trinajstić information content (AvgIpc) is 3.11. The zero-order chi connectivity index (χ0) is 14.0. The second kappa shape index (κ2) is 5.42. The van der Waals surface area contributed by atoms with Gasteiger partial charge in [-0.25, -0.2) is 0 Å². The minimum Gasteiger partial charge on any atom is -0.480 e. The molecule has 0 aliphatic heterocycles. The van der Waals surface area contributed by atoms with Crippen molar-refractivity contribution in [2.24, 2.45) is 7.05 Å². The van der Waals surface area contributed by atoms with E-state index < -0.39 is 5.97 Å².